The number of nitrogens with two attached hydrogens (primary N) is 1. The molecule has 0 radical (unpaired) electrons. The van der Waals surface area contributed by atoms with Crippen LogP contribution < -0.4 is 5.73 Å². The first-order valence-electron chi connectivity index (χ1n) is 4.52. The van der Waals surface area contributed by atoms with Gasteiger partial charge >= 0.3 is 5.97 Å². The molecule has 15 heavy (non-hydrogen) atoms. The lowest BCUT2D eigenvalue weighted by Crippen LogP contribution is -2.62. The lowest BCUT2D eigenvalue weighted by Gasteiger charge is -2.38. The van der Waals surface area contributed by atoms with E-state index in [1.807, 2.05) is 0 Å². The Morgan fingerprint density at radius 1 is 1.40 bits per heavy atom. The molecule has 1 fully saturated rings. The maximum absolute atomic E-state index is 10.5. The maximum Gasteiger partial charge on any atom is 0.302 e. The molecule has 0 aromatic heterocycles. The van der Waals surface area contributed by atoms with Crippen molar-refractivity contribution in [2.75, 3.05) is 6.61 Å². The molecule has 1 rings (SSSR count). The summed E-state index contributed by atoms with van der Waals surface area (Å²) >= 11 is 0. The topological polar surface area (TPSA) is 122 Å². The molecule has 88 valence electrons. The molecule has 2 unspecified atom stereocenters. The zero-order valence-corrected chi connectivity index (χ0v) is 8.24. The highest BCUT2D eigenvalue weighted by Crippen LogP contribution is 2.18. The standard InChI is InChI=1S/C8H15NO6/c1-3(10)14-2-4-6(11)7(12)5(9)8(13)15-4/h4-8,11-13H,2,9H2,1H3/t4?,5-,6+,7?,8+/m0/s1. The highest BCUT2D eigenvalue weighted by atomic mass is 16.6. The fraction of sp³-hybridized carbons (Fsp3) is 0.875. The van der Waals surface area contributed by atoms with E-state index in [0.717, 1.165) is 0 Å². The van der Waals surface area contributed by atoms with Gasteiger partial charge in [0.2, 0.25) is 0 Å². The lowest BCUT2D eigenvalue weighted by molar-refractivity contribution is -0.250. The Labute approximate surface area is 86.4 Å². The minimum absolute atomic E-state index is 0.239. The second-order valence-electron chi connectivity index (χ2n) is 3.43. The Morgan fingerprint density at radius 3 is 2.53 bits per heavy atom. The molecule has 1 aliphatic rings. The second kappa shape index (κ2) is 4.86. The predicted octanol–water partition coefficient (Wildman–Crippen LogP) is -2.68. The van der Waals surface area contributed by atoms with Crippen LogP contribution in [0.15, 0.2) is 0 Å². The number of carbonyl (C=O) groups is 1. The van der Waals surface area contributed by atoms with Crippen LogP contribution in [0.4, 0.5) is 0 Å². The zero-order chi connectivity index (χ0) is 11.6. The molecule has 1 saturated heterocycles. The molecule has 1 heterocycles. The van der Waals surface area contributed by atoms with Crippen molar-refractivity contribution in [1.29, 1.82) is 0 Å². The van der Waals surface area contributed by atoms with Crippen molar-refractivity contribution in [2.24, 2.45) is 5.73 Å². The van der Waals surface area contributed by atoms with Crippen molar-refractivity contribution < 1.29 is 29.6 Å². The molecular formula is C8H15NO6. The number of hydrogen-bond acceptors (Lipinski definition) is 7. The van der Waals surface area contributed by atoms with Crippen LogP contribution in [0.3, 0.4) is 0 Å². The molecule has 0 aliphatic carbocycles. The molecule has 0 aromatic rings. The van der Waals surface area contributed by atoms with Crippen LogP contribution in [0.5, 0.6) is 0 Å². The van der Waals surface area contributed by atoms with Crippen molar-refractivity contribution in [3.63, 3.8) is 0 Å². The first kappa shape index (κ1) is 12.3. The van der Waals surface area contributed by atoms with Crippen molar-refractivity contribution in [3.8, 4) is 0 Å². The Kier molecular flexibility index (Phi) is 4.00. The van der Waals surface area contributed by atoms with Gasteiger partial charge in [-0.2, -0.15) is 0 Å². The molecule has 0 amide bonds. The fourth-order valence-corrected chi connectivity index (χ4v) is 1.30. The quantitative estimate of drug-likeness (QED) is 0.375. The van der Waals surface area contributed by atoms with Gasteiger partial charge in [-0.05, 0) is 0 Å². The number of aliphatic hydroxyl groups excluding tert-OH is 3. The third-order valence-electron chi connectivity index (χ3n) is 2.22. The molecule has 7 heteroatoms. The summed E-state index contributed by atoms with van der Waals surface area (Å²) in [5, 5.41) is 28.1. The second-order valence-corrected chi connectivity index (χ2v) is 3.43. The van der Waals surface area contributed by atoms with Gasteiger partial charge in [0.15, 0.2) is 6.29 Å². The van der Waals surface area contributed by atoms with Crippen molar-refractivity contribution in [2.45, 2.75) is 37.6 Å². The van der Waals surface area contributed by atoms with Crippen LogP contribution in [-0.4, -0.2) is 58.5 Å². The molecule has 0 saturated carbocycles. The normalized spacial score (nSPS) is 41.3. The molecule has 1 aliphatic heterocycles. The number of esters is 1. The third-order valence-corrected chi connectivity index (χ3v) is 2.22. The van der Waals surface area contributed by atoms with Crippen LogP contribution in [0.1, 0.15) is 6.92 Å². The van der Waals surface area contributed by atoms with Gasteiger partial charge in [-0.1, -0.05) is 0 Å². The molecule has 5 N–H and O–H groups in total. The number of ether oxygens (including phenoxy) is 2. The van der Waals surface area contributed by atoms with E-state index in [2.05, 4.69) is 4.74 Å². The smallest absolute Gasteiger partial charge is 0.302 e. The van der Waals surface area contributed by atoms with Crippen LogP contribution in [0, 0.1) is 0 Å². The number of hydrogen-bond donors (Lipinski definition) is 4. The van der Waals surface area contributed by atoms with Gasteiger partial charge in [0.25, 0.3) is 0 Å². The monoisotopic (exact) mass is 221 g/mol. The van der Waals surface area contributed by atoms with E-state index in [9.17, 15) is 20.1 Å². The summed E-state index contributed by atoms with van der Waals surface area (Å²) in [6, 6.07) is -1.08. The van der Waals surface area contributed by atoms with Crippen LogP contribution in [-0.2, 0) is 14.3 Å². The summed E-state index contributed by atoms with van der Waals surface area (Å²) < 4.78 is 9.47. The Morgan fingerprint density at radius 2 is 2.00 bits per heavy atom. The van der Waals surface area contributed by atoms with Gasteiger partial charge in [0.05, 0.1) is 6.04 Å². The highest BCUT2D eigenvalue weighted by molar-refractivity contribution is 5.65. The predicted molar refractivity (Wildman–Crippen MR) is 47.5 cm³/mol. The fourth-order valence-electron chi connectivity index (χ4n) is 1.30. The van der Waals surface area contributed by atoms with E-state index in [1.165, 1.54) is 6.92 Å². The van der Waals surface area contributed by atoms with E-state index in [-0.39, 0.29) is 6.61 Å². The van der Waals surface area contributed by atoms with Crippen LogP contribution >= 0.6 is 0 Å². The van der Waals surface area contributed by atoms with Crippen molar-refractivity contribution in [1.82, 2.24) is 0 Å². The van der Waals surface area contributed by atoms with Gasteiger partial charge in [-0.15, -0.1) is 0 Å². The Hall–Kier alpha value is -0.730. The number of rotatable bonds is 2. The van der Waals surface area contributed by atoms with Crippen molar-refractivity contribution in [3.05, 3.63) is 0 Å². The van der Waals surface area contributed by atoms with Crippen molar-refractivity contribution >= 4 is 5.97 Å². The van der Waals surface area contributed by atoms with Crippen LogP contribution in [0.2, 0.25) is 0 Å². The molecule has 5 atom stereocenters. The summed E-state index contributed by atoms with van der Waals surface area (Å²) in [6.07, 6.45) is -4.96. The lowest BCUT2D eigenvalue weighted by atomic mass is 9.98. The highest BCUT2D eigenvalue weighted by Gasteiger charge is 2.42. The molecule has 0 aromatic carbocycles. The van der Waals surface area contributed by atoms with E-state index in [1.54, 1.807) is 0 Å². The minimum Gasteiger partial charge on any atom is -0.463 e. The summed E-state index contributed by atoms with van der Waals surface area (Å²) in [5.41, 5.74) is 5.34. The SMILES string of the molecule is CC(=O)OCC1O[C@@H](O)[C@@H](N)C(O)[C@@H]1O. The molecule has 7 nitrogen and oxygen atoms in total. The van der Waals surface area contributed by atoms with Gasteiger partial charge in [-0.3, -0.25) is 4.79 Å². The van der Waals surface area contributed by atoms with E-state index in [4.69, 9.17) is 10.5 Å². The van der Waals surface area contributed by atoms with Gasteiger partial charge in [0.1, 0.15) is 24.9 Å². The first-order valence-corrected chi connectivity index (χ1v) is 4.52. The molecule has 0 spiro atoms. The average molecular weight is 221 g/mol. The third kappa shape index (κ3) is 2.86. The Balaban J connectivity index is 2.54. The average Bonchev–Trinajstić information content (AvgIpc) is 2.18. The number of aliphatic hydroxyl groups is 3. The number of carbonyl (C=O) groups excluding carboxylic acids is 1. The van der Waals surface area contributed by atoms with Gasteiger partial charge in [0, 0.05) is 6.92 Å². The summed E-state index contributed by atoms with van der Waals surface area (Å²) in [6.45, 7) is 0.963. The van der Waals surface area contributed by atoms with E-state index < -0.39 is 36.6 Å². The van der Waals surface area contributed by atoms with Crippen LogP contribution in [0.25, 0.3) is 0 Å². The van der Waals surface area contributed by atoms with Gasteiger partial charge < -0.3 is 30.5 Å². The maximum atomic E-state index is 10.5. The molecule has 0 bridgehead atoms. The summed E-state index contributed by atoms with van der Waals surface area (Å²) in [7, 11) is 0. The first-order chi connectivity index (χ1) is 6.93. The zero-order valence-electron chi connectivity index (χ0n) is 8.24. The largest absolute Gasteiger partial charge is 0.463 e. The summed E-state index contributed by atoms with van der Waals surface area (Å²) in [4.78, 5) is 10.5. The van der Waals surface area contributed by atoms with Gasteiger partial charge in [-0.25, -0.2) is 0 Å². The van der Waals surface area contributed by atoms with E-state index in [0.29, 0.717) is 0 Å². The Bertz CT molecular complexity index is 235. The minimum atomic E-state index is -1.39. The summed E-state index contributed by atoms with van der Waals surface area (Å²) in [5.74, 6) is -0.537. The van der Waals surface area contributed by atoms with E-state index >= 15 is 0 Å². The molecular weight excluding hydrogens is 206 g/mol.